The number of hydrogen-bond acceptors (Lipinski definition) is 3. The van der Waals surface area contributed by atoms with Gasteiger partial charge in [0.25, 0.3) is 0 Å². The summed E-state index contributed by atoms with van der Waals surface area (Å²) in [5.41, 5.74) is 1.99. The highest BCUT2D eigenvalue weighted by atomic mass is 32.2. The summed E-state index contributed by atoms with van der Waals surface area (Å²) in [6.45, 7) is 7.97. The van der Waals surface area contributed by atoms with Crippen LogP contribution in [-0.4, -0.2) is 27.3 Å². The van der Waals surface area contributed by atoms with Crippen molar-refractivity contribution in [2.75, 3.05) is 18.8 Å². The van der Waals surface area contributed by atoms with Gasteiger partial charge in [-0.05, 0) is 37.9 Å². The Morgan fingerprint density at radius 2 is 2.00 bits per heavy atom. The second-order valence-electron chi connectivity index (χ2n) is 5.53. The molecule has 3 nitrogen and oxygen atoms in total. The van der Waals surface area contributed by atoms with E-state index in [1.807, 2.05) is 31.2 Å². The highest BCUT2D eigenvalue weighted by molar-refractivity contribution is 7.90. The Morgan fingerprint density at radius 1 is 1.26 bits per heavy atom. The molecule has 0 bridgehead atoms. The van der Waals surface area contributed by atoms with Crippen molar-refractivity contribution < 1.29 is 8.42 Å². The second-order valence-corrected chi connectivity index (χ2v) is 7.72. The summed E-state index contributed by atoms with van der Waals surface area (Å²) in [7, 11) is -2.99. The summed E-state index contributed by atoms with van der Waals surface area (Å²) in [5.74, 6) is 1.01. The van der Waals surface area contributed by atoms with Gasteiger partial charge in [-0.3, -0.25) is 0 Å². The van der Waals surface area contributed by atoms with Crippen molar-refractivity contribution in [2.45, 2.75) is 32.9 Å². The fourth-order valence-corrected chi connectivity index (χ4v) is 3.35. The van der Waals surface area contributed by atoms with E-state index < -0.39 is 9.84 Å². The lowest BCUT2D eigenvalue weighted by Crippen LogP contribution is -2.23. The van der Waals surface area contributed by atoms with E-state index in [4.69, 9.17) is 0 Å². The molecule has 0 aliphatic rings. The Labute approximate surface area is 117 Å². The first-order chi connectivity index (χ1) is 8.89. The maximum absolute atomic E-state index is 12.0. The predicted octanol–water partition coefficient (Wildman–Crippen LogP) is 2.55. The third kappa shape index (κ3) is 7.33. The lowest BCUT2D eigenvalue weighted by Gasteiger charge is -2.08. The number of rotatable bonds is 8. The average molecular weight is 283 g/mol. The Bertz CT molecular complexity index is 481. The average Bonchev–Trinajstić information content (AvgIpc) is 2.27. The van der Waals surface area contributed by atoms with E-state index in [1.165, 1.54) is 0 Å². The molecule has 19 heavy (non-hydrogen) atoms. The monoisotopic (exact) mass is 283 g/mol. The van der Waals surface area contributed by atoms with Gasteiger partial charge in [-0.25, -0.2) is 8.42 Å². The Morgan fingerprint density at radius 3 is 2.63 bits per heavy atom. The third-order valence-corrected chi connectivity index (χ3v) is 4.51. The van der Waals surface area contributed by atoms with Crippen LogP contribution in [0, 0.1) is 12.8 Å². The molecule has 0 radical (unpaired) electrons. The van der Waals surface area contributed by atoms with Crippen LogP contribution >= 0.6 is 0 Å². The van der Waals surface area contributed by atoms with Crippen molar-refractivity contribution in [3.8, 4) is 0 Å². The quantitative estimate of drug-likeness (QED) is 0.746. The van der Waals surface area contributed by atoms with E-state index in [-0.39, 0.29) is 11.5 Å². The van der Waals surface area contributed by atoms with E-state index in [1.54, 1.807) is 0 Å². The number of benzene rings is 1. The van der Waals surface area contributed by atoms with Crippen LogP contribution in [0.4, 0.5) is 0 Å². The van der Waals surface area contributed by atoms with Crippen LogP contribution in [0.25, 0.3) is 0 Å². The minimum atomic E-state index is -2.99. The Balaban J connectivity index is 2.36. The number of aryl methyl sites for hydroxylation is 1. The van der Waals surface area contributed by atoms with Crippen LogP contribution < -0.4 is 5.32 Å². The Hall–Kier alpha value is -0.870. The van der Waals surface area contributed by atoms with Gasteiger partial charge < -0.3 is 5.32 Å². The third-order valence-electron chi connectivity index (χ3n) is 2.83. The molecule has 0 fully saturated rings. The molecular weight excluding hydrogens is 258 g/mol. The maximum Gasteiger partial charge on any atom is 0.154 e. The minimum absolute atomic E-state index is 0.152. The molecule has 0 saturated heterocycles. The topological polar surface area (TPSA) is 46.2 Å². The highest BCUT2D eigenvalue weighted by Gasteiger charge is 2.11. The van der Waals surface area contributed by atoms with Gasteiger partial charge in [0.05, 0.1) is 11.5 Å². The van der Waals surface area contributed by atoms with E-state index in [2.05, 4.69) is 19.2 Å². The fraction of sp³-hybridized carbons (Fsp3) is 0.600. The molecule has 0 aromatic heterocycles. The molecule has 1 rings (SSSR count). The van der Waals surface area contributed by atoms with Crippen LogP contribution in [0.5, 0.6) is 0 Å². The lowest BCUT2D eigenvalue weighted by molar-refractivity contribution is 0.546. The van der Waals surface area contributed by atoms with Gasteiger partial charge in [-0.1, -0.05) is 43.7 Å². The summed E-state index contributed by atoms with van der Waals surface area (Å²) >= 11 is 0. The molecule has 108 valence electrons. The molecule has 0 amide bonds. The first-order valence-electron chi connectivity index (χ1n) is 6.86. The van der Waals surface area contributed by atoms with Crippen molar-refractivity contribution in [3.05, 3.63) is 35.4 Å². The van der Waals surface area contributed by atoms with Crippen molar-refractivity contribution >= 4 is 9.84 Å². The minimum Gasteiger partial charge on any atom is -0.316 e. The van der Waals surface area contributed by atoms with Crippen molar-refractivity contribution in [3.63, 3.8) is 0 Å². The largest absolute Gasteiger partial charge is 0.316 e. The van der Waals surface area contributed by atoms with Gasteiger partial charge in [0.1, 0.15) is 0 Å². The second kappa shape index (κ2) is 7.65. The smallest absolute Gasteiger partial charge is 0.154 e. The first kappa shape index (κ1) is 16.2. The molecule has 0 atom stereocenters. The van der Waals surface area contributed by atoms with Gasteiger partial charge in [0, 0.05) is 0 Å². The van der Waals surface area contributed by atoms with Gasteiger partial charge in [-0.2, -0.15) is 0 Å². The van der Waals surface area contributed by atoms with Gasteiger partial charge in [-0.15, -0.1) is 0 Å². The van der Waals surface area contributed by atoms with Crippen LogP contribution in [-0.2, 0) is 15.6 Å². The van der Waals surface area contributed by atoms with Crippen molar-refractivity contribution in [1.29, 1.82) is 0 Å². The molecule has 0 heterocycles. The summed E-state index contributed by atoms with van der Waals surface area (Å²) in [6.07, 6.45) is 0.681. The standard InChI is InChI=1S/C15H25NO2S/c1-13(2)11-16-8-5-9-19(17,18)12-15-7-4-6-14(3)10-15/h4,6-7,10,13,16H,5,8-9,11-12H2,1-3H3. The van der Waals surface area contributed by atoms with E-state index in [0.29, 0.717) is 12.3 Å². The molecule has 0 aliphatic carbocycles. The number of hydrogen-bond donors (Lipinski definition) is 1. The van der Waals surface area contributed by atoms with Crippen LogP contribution in [0.2, 0.25) is 0 Å². The van der Waals surface area contributed by atoms with Crippen LogP contribution in [0.3, 0.4) is 0 Å². The summed E-state index contributed by atoms with van der Waals surface area (Å²) in [5, 5.41) is 3.27. The molecule has 1 aromatic rings. The van der Waals surface area contributed by atoms with Crippen LogP contribution in [0.1, 0.15) is 31.4 Å². The summed E-state index contributed by atoms with van der Waals surface area (Å²) in [4.78, 5) is 0. The number of nitrogens with one attached hydrogen (secondary N) is 1. The zero-order valence-electron chi connectivity index (χ0n) is 12.1. The molecule has 0 spiro atoms. The summed E-state index contributed by atoms with van der Waals surface area (Å²) < 4.78 is 24.0. The zero-order valence-corrected chi connectivity index (χ0v) is 13.0. The molecular formula is C15H25NO2S. The van der Waals surface area contributed by atoms with E-state index >= 15 is 0 Å². The molecule has 4 heteroatoms. The number of sulfone groups is 1. The van der Waals surface area contributed by atoms with Gasteiger partial charge >= 0.3 is 0 Å². The van der Waals surface area contributed by atoms with E-state index in [9.17, 15) is 8.42 Å². The summed E-state index contributed by atoms with van der Waals surface area (Å²) in [6, 6.07) is 7.70. The van der Waals surface area contributed by atoms with Gasteiger partial charge in [0.15, 0.2) is 9.84 Å². The molecule has 0 saturated carbocycles. The molecule has 0 aliphatic heterocycles. The fourth-order valence-electron chi connectivity index (χ4n) is 1.94. The first-order valence-corrected chi connectivity index (χ1v) is 8.68. The van der Waals surface area contributed by atoms with Gasteiger partial charge in [0.2, 0.25) is 0 Å². The van der Waals surface area contributed by atoms with Crippen LogP contribution in [0.15, 0.2) is 24.3 Å². The molecule has 0 unspecified atom stereocenters. The zero-order chi connectivity index (χ0) is 14.3. The van der Waals surface area contributed by atoms with E-state index in [0.717, 1.165) is 24.2 Å². The molecule has 1 aromatic carbocycles. The van der Waals surface area contributed by atoms with Crippen molar-refractivity contribution in [2.24, 2.45) is 5.92 Å². The highest BCUT2D eigenvalue weighted by Crippen LogP contribution is 2.09. The molecule has 1 N–H and O–H groups in total. The SMILES string of the molecule is Cc1cccc(CS(=O)(=O)CCCNCC(C)C)c1. The normalized spacial score (nSPS) is 12.0. The lowest BCUT2D eigenvalue weighted by atomic mass is 10.2. The predicted molar refractivity (Wildman–Crippen MR) is 81.0 cm³/mol. The van der Waals surface area contributed by atoms with Crippen molar-refractivity contribution in [1.82, 2.24) is 5.32 Å². The Kier molecular flexibility index (Phi) is 6.52. The maximum atomic E-state index is 12.0.